The standard InChI is InChI=1S/C20H17N7OS2/c1-13-12-29-19(23-13)24-18-16(28-14-7-5-4-6-8-14)9-15(10-22-18)30-20-26-25-17(11-21-2)27(20)3/h4-10,12H,11H2,1,3H3,(H,22,23,24). The van der Waals surface area contributed by atoms with Crippen molar-refractivity contribution < 1.29 is 4.74 Å². The summed E-state index contributed by atoms with van der Waals surface area (Å²) in [5.74, 6) is 2.48. The van der Waals surface area contributed by atoms with Crippen molar-refractivity contribution >= 4 is 34.0 Å². The van der Waals surface area contributed by atoms with E-state index in [1.54, 1.807) is 6.20 Å². The Morgan fingerprint density at radius 2 is 2.10 bits per heavy atom. The number of thiazole rings is 1. The van der Waals surface area contributed by atoms with E-state index in [2.05, 4.69) is 30.3 Å². The molecule has 0 amide bonds. The van der Waals surface area contributed by atoms with Gasteiger partial charge in [-0.2, -0.15) is 0 Å². The normalized spacial score (nSPS) is 10.6. The molecule has 0 saturated carbocycles. The molecule has 0 radical (unpaired) electrons. The van der Waals surface area contributed by atoms with E-state index >= 15 is 0 Å². The molecular weight excluding hydrogens is 418 g/mol. The largest absolute Gasteiger partial charge is 0.453 e. The van der Waals surface area contributed by atoms with E-state index in [0.717, 1.165) is 15.7 Å². The van der Waals surface area contributed by atoms with Crippen LogP contribution in [-0.4, -0.2) is 24.7 Å². The molecule has 1 aromatic carbocycles. The highest BCUT2D eigenvalue weighted by Gasteiger charge is 2.15. The Kier molecular flexibility index (Phi) is 5.92. The smallest absolute Gasteiger partial charge is 0.273 e. The third kappa shape index (κ3) is 4.59. The van der Waals surface area contributed by atoms with Gasteiger partial charge in [-0.3, -0.25) is 0 Å². The maximum atomic E-state index is 7.02. The number of hydrogen-bond donors (Lipinski definition) is 1. The lowest BCUT2D eigenvalue weighted by Crippen LogP contribution is -1.99. The Balaban J connectivity index is 1.64. The lowest BCUT2D eigenvalue weighted by molar-refractivity contribution is 0.481. The lowest BCUT2D eigenvalue weighted by atomic mass is 10.3. The van der Waals surface area contributed by atoms with Crippen molar-refractivity contribution in [3.63, 3.8) is 0 Å². The van der Waals surface area contributed by atoms with Gasteiger partial charge in [0.2, 0.25) is 5.82 Å². The molecule has 10 heteroatoms. The highest BCUT2D eigenvalue weighted by atomic mass is 32.2. The Morgan fingerprint density at radius 3 is 2.83 bits per heavy atom. The van der Waals surface area contributed by atoms with Gasteiger partial charge in [0.25, 0.3) is 6.54 Å². The fourth-order valence-electron chi connectivity index (χ4n) is 2.53. The van der Waals surface area contributed by atoms with Crippen molar-refractivity contribution in [1.82, 2.24) is 24.7 Å². The molecule has 0 atom stereocenters. The molecule has 4 aromatic rings. The van der Waals surface area contributed by atoms with Gasteiger partial charge in [0.1, 0.15) is 5.75 Å². The first-order valence-electron chi connectivity index (χ1n) is 8.94. The molecule has 0 saturated heterocycles. The van der Waals surface area contributed by atoms with Crippen molar-refractivity contribution in [2.45, 2.75) is 23.5 Å². The van der Waals surface area contributed by atoms with E-state index in [-0.39, 0.29) is 6.54 Å². The second-order valence-corrected chi connectivity index (χ2v) is 8.13. The summed E-state index contributed by atoms with van der Waals surface area (Å²) in [6, 6.07) is 11.4. The summed E-state index contributed by atoms with van der Waals surface area (Å²) in [5.41, 5.74) is 0.942. The maximum absolute atomic E-state index is 7.02. The zero-order valence-corrected chi connectivity index (χ0v) is 17.9. The summed E-state index contributed by atoms with van der Waals surface area (Å²) in [6.07, 6.45) is 1.74. The van der Waals surface area contributed by atoms with Crippen LogP contribution in [0.5, 0.6) is 11.5 Å². The van der Waals surface area contributed by atoms with Crippen LogP contribution >= 0.6 is 23.1 Å². The van der Waals surface area contributed by atoms with E-state index in [9.17, 15) is 0 Å². The number of para-hydroxylation sites is 1. The molecule has 0 fully saturated rings. The van der Waals surface area contributed by atoms with Crippen molar-refractivity contribution in [3.05, 3.63) is 70.9 Å². The highest BCUT2D eigenvalue weighted by molar-refractivity contribution is 7.99. The van der Waals surface area contributed by atoms with Crippen LogP contribution in [0.1, 0.15) is 11.5 Å². The van der Waals surface area contributed by atoms with Gasteiger partial charge < -0.3 is 19.5 Å². The number of nitrogens with zero attached hydrogens (tertiary/aromatic N) is 6. The molecule has 4 rings (SSSR count). The minimum Gasteiger partial charge on any atom is -0.453 e. The molecule has 0 aliphatic carbocycles. The summed E-state index contributed by atoms with van der Waals surface area (Å²) in [6.45, 7) is 9.16. The van der Waals surface area contributed by atoms with Gasteiger partial charge in [0, 0.05) is 29.6 Å². The summed E-state index contributed by atoms with van der Waals surface area (Å²) in [5, 5.41) is 14.9. The number of anilines is 2. The maximum Gasteiger partial charge on any atom is 0.273 e. The van der Waals surface area contributed by atoms with Crippen LogP contribution < -0.4 is 10.1 Å². The predicted molar refractivity (Wildman–Crippen MR) is 116 cm³/mol. The van der Waals surface area contributed by atoms with Crippen molar-refractivity contribution in [2.75, 3.05) is 5.32 Å². The number of pyridine rings is 1. The quantitative estimate of drug-likeness (QED) is 0.405. The fourth-order valence-corrected chi connectivity index (χ4v) is 4.02. The topological polar surface area (TPSA) is 82.1 Å². The molecule has 0 bridgehead atoms. The van der Waals surface area contributed by atoms with Gasteiger partial charge in [0.15, 0.2) is 21.9 Å². The lowest BCUT2D eigenvalue weighted by Gasteiger charge is -2.12. The second-order valence-electron chi connectivity index (χ2n) is 6.23. The van der Waals surface area contributed by atoms with E-state index in [1.807, 2.05) is 60.3 Å². The SMILES string of the molecule is [C-]#[N+]Cc1nnc(Sc2cnc(Nc3nc(C)cs3)c(Oc3ccccc3)c2)n1C. The van der Waals surface area contributed by atoms with E-state index in [4.69, 9.17) is 11.3 Å². The van der Waals surface area contributed by atoms with Crippen LogP contribution in [0.15, 0.2) is 58.0 Å². The first-order valence-corrected chi connectivity index (χ1v) is 10.6. The van der Waals surface area contributed by atoms with Crippen LogP contribution in [0, 0.1) is 13.5 Å². The van der Waals surface area contributed by atoms with Crippen LogP contribution in [0.2, 0.25) is 0 Å². The average molecular weight is 436 g/mol. The van der Waals surface area contributed by atoms with Crippen LogP contribution in [-0.2, 0) is 13.6 Å². The Bertz CT molecular complexity index is 1200. The zero-order chi connectivity index (χ0) is 20.9. The minimum atomic E-state index is 0.195. The number of ether oxygens (including phenoxy) is 1. The molecule has 150 valence electrons. The van der Waals surface area contributed by atoms with E-state index < -0.39 is 0 Å². The minimum absolute atomic E-state index is 0.195. The van der Waals surface area contributed by atoms with Crippen LogP contribution in [0.25, 0.3) is 4.85 Å². The number of aromatic nitrogens is 5. The zero-order valence-electron chi connectivity index (χ0n) is 16.2. The third-order valence-corrected chi connectivity index (χ3v) is 5.87. The highest BCUT2D eigenvalue weighted by Crippen LogP contribution is 2.36. The Hall–Kier alpha value is -3.42. The van der Waals surface area contributed by atoms with Gasteiger partial charge in [-0.1, -0.05) is 18.2 Å². The van der Waals surface area contributed by atoms with Gasteiger partial charge in [-0.25, -0.2) is 16.5 Å². The van der Waals surface area contributed by atoms with Crippen molar-refractivity contribution in [3.8, 4) is 11.5 Å². The molecule has 0 aliphatic rings. The number of rotatable bonds is 7. The number of aryl methyl sites for hydroxylation is 1. The molecule has 1 N–H and O–H groups in total. The van der Waals surface area contributed by atoms with E-state index in [1.165, 1.54) is 23.1 Å². The fraction of sp³-hybridized carbons (Fsp3) is 0.150. The van der Waals surface area contributed by atoms with E-state index in [0.29, 0.717) is 28.3 Å². The van der Waals surface area contributed by atoms with Gasteiger partial charge in [-0.15, -0.1) is 21.5 Å². The second kappa shape index (κ2) is 8.94. The molecular formula is C20H17N7OS2. The summed E-state index contributed by atoms with van der Waals surface area (Å²) < 4.78 is 7.91. The number of hydrogen-bond acceptors (Lipinski definition) is 8. The Labute approximate surface area is 181 Å². The van der Waals surface area contributed by atoms with Crippen molar-refractivity contribution in [2.24, 2.45) is 7.05 Å². The third-order valence-electron chi connectivity index (χ3n) is 4.00. The molecule has 0 aliphatic heterocycles. The first kappa shape index (κ1) is 19.9. The van der Waals surface area contributed by atoms with Crippen LogP contribution in [0.4, 0.5) is 10.9 Å². The molecule has 0 spiro atoms. The summed E-state index contributed by atoms with van der Waals surface area (Å²) in [4.78, 5) is 13.2. The number of benzene rings is 1. The predicted octanol–water partition coefficient (Wildman–Crippen LogP) is 5.08. The number of nitrogens with one attached hydrogen (secondary N) is 1. The van der Waals surface area contributed by atoms with Crippen LogP contribution in [0.3, 0.4) is 0 Å². The molecule has 0 unspecified atom stereocenters. The van der Waals surface area contributed by atoms with Gasteiger partial charge in [-0.05, 0) is 30.8 Å². The summed E-state index contributed by atoms with van der Waals surface area (Å²) in [7, 11) is 1.85. The first-order chi connectivity index (χ1) is 14.6. The molecule has 3 heterocycles. The van der Waals surface area contributed by atoms with Gasteiger partial charge >= 0.3 is 0 Å². The molecule has 8 nitrogen and oxygen atoms in total. The molecule has 3 aromatic heterocycles. The average Bonchev–Trinajstić information content (AvgIpc) is 3.31. The monoisotopic (exact) mass is 435 g/mol. The summed E-state index contributed by atoms with van der Waals surface area (Å²) >= 11 is 2.91. The van der Waals surface area contributed by atoms with Gasteiger partial charge in [0.05, 0.1) is 5.69 Å². The van der Waals surface area contributed by atoms with Crippen molar-refractivity contribution in [1.29, 1.82) is 0 Å². The molecule has 30 heavy (non-hydrogen) atoms. The Morgan fingerprint density at radius 1 is 1.27 bits per heavy atom.